The first kappa shape index (κ1) is 12.5. The van der Waals surface area contributed by atoms with Gasteiger partial charge in [0.05, 0.1) is 12.7 Å². The number of benzene rings is 1. The van der Waals surface area contributed by atoms with Gasteiger partial charge in [0.1, 0.15) is 0 Å². The highest BCUT2D eigenvalue weighted by Crippen LogP contribution is 2.13. The molecule has 1 atom stereocenters. The first-order valence-electron chi connectivity index (χ1n) is 5.02. The van der Waals surface area contributed by atoms with E-state index in [0.717, 1.165) is 11.4 Å². The van der Waals surface area contributed by atoms with Crippen LogP contribution in [0.1, 0.15) is 6.92 Å². The second-order valence-electron chi connectivity index (χ2n) is 3.48. The van der Waals surface area contributed by atoms with Crippen molar-refractivity contribution < 1.29 is 15.0 Å². The highest BCUT2D eigenvalue weighted by atomic mass is 16.3. The molecular weight excluding hydrogens is 208 g/mol. The molecule has 5 heteroatoms. The lowest BCUT2D eigenvalue weighted by Gasteiger charge is -2.10. The van der Waals surface area contributed by atoms with Crippen LogP contribution in [0.5, 0.6) is 0 Å². The van der Waals surface area contributed by atoms with Crippen molar-refractivity contribution in [3.05, 3.63) is 24.3 Å². The minimum Gasteiger partial charge on any atom is -0.394 e. The third kappa shape index (κ3) is 4.29. The van der Waals surface area contributed by atoms with Gasteiger partial charge in [-0.1, -0.05) is 0 Å². The lowest BCUT2D eigenvalue weighted by molar-refractivity contribution is -0.114. The summed E-state index contributed by atoms with van der Waals surface area (Å²) in [5, 5.41) is 23.3. The molecule has 1 amide bonds. The van der Waals surface area contributed by atoms with Crippen LogP contribution in [0.4, 0.5) is 11.4 Å². The molecule has 88 valence electrons. The number of hydrogen-bond donors (Lipinski definition) is 4. The lowest BCUT2D eigenvalue weighted by Crippen LogP contribution is -2.22. The molecule has 1 aromatic rings. The quantitative estimate of drug-likeness (QED) is 0.584. The number of carbonyl (C=O) groups excluding carboxylic acids is 1. The monoisotopic (exact) mass is 224 g/mol. The van der Waals surface area contributed by atoms with Crippen molar-refractivity contribution in [3.8, 4) is 0 Å². The molecule has 0 aliphatic carbocycles. The van der Waals surface area contributed by atoms with E-state index >= 15 is 0 Å². The van der Waals surface area contributed by atoms with Crippen LogP contribution in [-0.2, 0) is 4.79 Å². The Kier molecular flexibility index (Phi) is 4.75. The predicted octanol–water partition coefficient (Wildman–Crippen LogP) is 0.410. The van der Waals surface area contributed by atoms with Crippen molar-refractivity contribution in [2.24, 2.45) is 0 Å². The predicted molar refractivity (Wildman–Crippen MR) is 62.3 cm³/mol. The summed E-state index contributed by atoms with van der Waals surface area (Å²) in [5.74, 6) is -0.114. The minimum absolute atomic E-state index is 0.114. The third-order valence-electron chi connectivity index (χ3n) is 1.96. The molecule has 0 unspecified atom stereocenters. The molecule has 0 radical (unpaired) electrons. The molecule has 0 saturated heterocycles. The van der Waals surface area contributed by atoms with Crippen molar-refractivity contribution in [2.45, 2.75) is 13.0 Å². The van der Waals surface area contributed by atoms with E-state index < -0.39 is 6.10 Å². The zero-order valence-corrected chi connectivity index (χ0v) is 9.10. The van der Waals surface area contributed by atoms with Crippen molar-refractivity contribution in [1.82, 2.24) is 0 Å². The smallest absolute Gasteiger partial charge is 0.221 e. The molecule has 1 aromatic carbocycles. The van der Waals surface area contributed by atoms with E-state index in [4.69, 9.17) is 10.2 Å². The molecule has 0 saturated carbocycles. The zero-order chi connectivity index (χ0) is 12.0. The van der Waals surface area contributed by atoms with Crippen LogP contribution in [0.3, 0.4) is 0 Å². The second kappa shape index (κ2) is 6.09. The Balaban J connectivity index is 2.48. The van der Waals surface area contributed by atoms with Gasteiger partial charge >= 0.3 is 0 Å². The maximum absolute atomic E-state index is 10.8. The number of amides is 1. The second-order valence-corrected chi connectivity index (χ2v) is 3.48. The van der Waals surface area contributed by atoms with Crippen LogP contribution >= 0.6 is 0 Å². The van der Waals surface area contributed by atoms with E-state index in [2.05, 4.69) is 10.6 Å². The average molecular weight is 224 g/mol. The van der Waals surface area contributed by atoms with Gasteiger partial charge in [0.2, 0.25) is 5.91 Å². The highest BCUT2D eigenvalue weighted by molar-refractivity contribution is 5.88. The first-order chi connectivity index (χ1) is 7.61. The van der Waals surface area contributed by atoms with Gasteiger partial charge in [-0.05, 0) is 24.3 Å². The molecule has 4 N–H and O–H groups in total. The molecular formula is C11H16N2O3. The Labute approximate surface area is 94.1 Å². The molecule has 1 rings (SSSR count). The van der Waals surface area contributed by atoms with Gasteiger partial charge in [-0.2, -0.15) is 0 Å². The number of hydrogen-bond acceptors (Lipinski definition) is 4. The van der Waals surface area contributed by atoms with E-state index in [-0.39, 0.29) is 19.1 Å². The van der Waals surface area contributed by atoms with E-state index in [1.807, 2.05) is 0 Å². The molecule has 0 heterocycles. The fourth-order valence-corrected chi connectivity index (χ4v) is 1.17. The van der Waals surface area contributed by atoms with Crippen molar-refractivity contribution in [3.63, 3.8) is 0 Å². The Morgan fingerprint density at radius 1 is 1.31 bits per heavy atom. The molecule has 0 spiro atoms. The average Bonchev–Trinajstić information content (AvgIpc) is 2.27. The van der Waals surface area contributed by atoms with E-state index in [0.29, 0.717) is 0 Å². The number of carbonyl (C=O) groups is 1. The lowest BCUT2D eigenvalue weighted by atomic mass is 10.2. The summed E-state index contributed by atoms with van der Waals surface area (Å²) in [5.41, 5.74) is 1.54. The van der Waals surface area contributed by atoms with E-state index in [9.17, 15) is 4.79 Å². The summed E-state index contributed by atoms with van der Waals surface area (Å²) in [7, 11) is 0. The summed E-state index contributed by atoms with van der Waals surface area (Å²) in [6.07, 6.45) is -0.768. The summed E-state index contributed by atoms with van der Waals surface area (Å²) in [4.78, 5) is 10.8. The van der Waals surface area contributed by atoms with Crippen LogP contribution in [0, 0.1) is 0 Å². The van der Waals surface area contributed by atoms with Crippen LogP contribution < -0.4 is 10.6 Å². The highest BCUT2D eigenvalue weighted by Gasteiger charge is 2.01. The molecule has 5 nitrogen and oxygen atoms in total. The Morgan fingerprint density at radius 2 is 1.88 bits per heavy atom. The minimum atomic E-state index is -0.768. The number of aliphatic hydroxyl groups excluding tert-OH is 2. The van der Waals surface area contributed by atoms with Crippen molar-refractivity contribution in [2.75, 3.05) is 23.8 Å². The van der Waals surface area contributed by atoms with Gasteiger partial charge in [-0.15, -0.1) is 0 Å². The van der Waals surface area contributed by atoms with Gasteiger partial charge in [-0.25, -0.2) is 0 Å². The Morgan fingerprint density at radius 3 is 2.38 bits per heavy atom. The maximum Gasteiger partial charge on any atom is 0.221 e. The summed E-state index contributed by atoms with van der Waals surface area (Å²) in [6, 6.07) is 7.09. The summed E-state index contributed by atoms with van der Waals surface area (Å²) < 4.78 is 0. The van der Waals surface area contributed by atoms with Gasteiger partial charge in [0.25, 0.3) is 0 Å². The van der Waals surface area contributed by atoms with Crippen LogP contribution in [-0.4, -0.2) is 35.4 Å². The van der Waals surface area contributed by atoms with Gasteiger partial charge in [0.15, 0.2) is 0 Å². The fraction of sp³-hybridized carbons (Fsp3) is 0.364. The third-order valence-corrected chi connectivity index (χ3v) is 1.96. The van der Waals surface area contributed by atoms with Crippen LogP contribution in [0.2, 0.25) is 0 Å². The van der Waals surface area contributed by atoms with Crippen LogP contribution in [0.15, 0.2) is 24.3 Å². The number of nitrogens with one attached hydrogen (secondary N) is 2. The normalized spacial score (nSPS) is 11.9. The Hall–Kier alpha value is -1.59. The Bertz CT molecular complexity index is 338. The zero-order valence-electron chi connectivity index (χ0n) is 9.10. The van der Waals surface area contributed by atoms with Gasteiger partial charge in [-0.3, -0.25) is 4.79 Å². The molecule has 0 bridgehead atoms. The fourth-order valence-electron chi connectivity index (χ4n) is 1.17. The molecule has 16 heavy (non-hydrogen) atoms. The van der Waals surface area contributed by atoms with Crippen molar-refractivity contribution in [1.29, 1.82) is 0 Å². The summed E-state index contributed by atoms with van der Waals surface area (Å²) in [6.45, 7) is 1.47. The molecule has 0 aliphatic heterocycles. The first-order valence-corrected chi connectivity index (χ1v) is 5.02. The number of anilines is 2. The number of aliphatic hydroxyl groups is 2. The number of rotatable bonds is 5. The molecule has 0 aromatic heterocycles. The van der Waals surface area contributed by atoms with Gasteiger partial charge < -0.3 is 20.8 Å². The van der Waals surface area contributed by atoms with Crippen LogP contribution in [0.25, 0.3) is 0 Å². The standard InChI is InChI=1S/C11H16N2O3/c1-8(15)13-10-4-2-9(3-5-10)12-6-11(16)7-14/h2-5,11-12,14,16H,6-7H2,1H3,(H,13,15)/t11-/m0/s1. The molecule has 0 aliphatic rings. The molecule has 0 fully saturated rings. The van der Waals surface area contributed by atoms with Crippen molar-refractivity contribution >= 4 is 17.3 Å². The maximum atomic E-state index is 10.8. The van der Waals surface area contributed by atoms with E-state index in [1.165, 1.54) is 6.92 Å². The largest absolute Gasteiger partial charge is 0.394 e. The van der Waals surface area contributed by atoms with Gasteiger partial charge in [0, 0.05) is 24.8 Å². The SMILES string of the molecule is CC(=O)Nc1ccc(NC[C@H](O)CO)cc1. The summed E-state index contributed by atoms with van der Waals surface area (Å²) >= 11 is 0. The topological polar surface area (TPSA) is 81.6 Å². The van der Waals surface area contributed by atoms with E-state index in [1.54, 1.807) is 24.3 Å².